The third kappa shape index (κ3) is 51.5. The van der Waals surface area contributed by atoms with Crippen molar-refractivity contribution in [3.05, 3.63) is 119 Å². The molecule has 10 heteroatoms. The summed E-state index contributed by atoms with van der Waals surface area (Å²) in [6, 6.07) is 28.8. The summed E-state index contributed by atoms with van der Waals surface area (Å²) in [6.45, 7) is 104. The van der Waals surface area contributed by atoms with Crippen LogP contribution in [0.15, 0.2) is 91.3 Å². The Morgan fingerprint density at radius 2 is 0.547 bits per heavy atom. The van der Waals surface area contributed by atoms with Crippen molar-refractivity contribution < 1.29 is 0 Å². The number of hydrogen-bond donors (Lipinski definition) is 0. The Morgan fingerprint density at radius 3 is 0.849 bits per heavy atom. The van der Waals surface area contributed by atoms with Crippen LogP contribution in [-0.4, -0.2) is 172 Å². The van der Waals surface area contributed by atoms with E-state index in [1.54, 1.807) is 0 Å². The molecule has 3 aliphatic carbocycles. The van der Waals surface area contributed by atoms with E-state index in [1.165, 1.54) is 318 Å². The number of benzene rings is 3. The van der Waals surface area contributed by atoms with Crippen LogP contribution in [0.5, 0.6) is 0 Å². The van der Waals surface area contributed by atoms with E-state index >= 15 is 0 Å². The standard InChI is InChI=1S/2C17H27N.C16H25N.C15H29N.C13H21N3.C12H25N.C11H22.C10H21N.C10H20.C8H17N/c2*1-14-5-7-15(8-6-14)13-18-11-9-16(10-12-18)17(2,3)4;1-13-5-7-15(8-6-13)17-11-9-14(10-12-17)16(2,3)4;1-15(2,3)9-6-13-7-10-16(11-8-13)12-14-4-5-14;1-13(2,3)11-5-9-16(10-6-11)12-14-7-4-8-15-12;1-12(2,3)8-5-11-6-9-13(4)10-7-11;1-9-5-7-10(8-6-9)11(2,3)4;1-10(2,3)9-5-7-11(4)8-6-9;1-10(2,3)9-7-5-4-6-8-9;1-8(2,3)7-5-9(4)6-7/h2*5-8,16H,9-13H2,1-4H3;5-8,14H,9-12H2,1-4H3;13-14H,4-12H2,1-3H3;4,7-8,11H,5-6,9-10H2,1-3H3;11H,5-10H2,1-4H3;9-10H,5-8H2,1-4H3;9H,5-8H2,1-4H3;9H,4-8H2,1-3H3;7H,5-6H2,1-4H3. The first-order valence-electron chi connectivity index (χ1n) is 58.2. The van der Waals surface area contributed by atoms with Gasteiger partial charge in [0.1, 0.15) is 0 Å². The van der Waals surface area contributed by atoms with Gasteiger partial charge >= 0.3 is 0 Å². The van der Waals surface area contributed by atoms with Gasteiger partial charge in [0.05, 0.1) is 0 Å². The second kappa shape index (κ2) is 58.2. The van der Waals surface area contributed by atoms with Gasteiger partial charge in [-0.2, -0.15) is 0 Å². The highest BCUT2D eigenvalue weighted by molar-refractivity contribution is 5.48. The minimum atomic E-state index is 0.434. The van der Waals surface area contributed by atoms with Crippen LogP contribution in [0.25, 0.3) is 0 Å². The van der Waals surface area contributed by atoms with Crippen molar-refractivity contribution in [3.8, 4) is 0 Å². The van der Waals surface area contributed by atoms with E-state index in [9.17, 15) is 0 Å². The van der Waals surface area contributed by atoms with E-state index in [0.717, 1.165) is 103 Å². The predicted molar refractivity (Wildman–Crippen MR) is 615 cm³/mol. The zero-order chi connectivity index (χ0) is 104. The molecule has 0 spiro atoms. The first-order chi connectivity index (χ1) is 64.5. The summed E-state index contributed by atoms with van der Waals surface area (Å²) in [5.74, 6) is 12.3. The summed E-state index contributed by atoms with van der Waals surface area (Å²) in [7, 11) is 6.64. The summed E-state index contributed by atoms with van der Waals surface area (Å²) < 4.78 is 0. The molecular weight excluding hydrogens is 1690 g/mol. The Labute approximate surface area is 866 Å². The van der Waals surface area contributed by atoms with Gasteiger partial charge in [-0.3, -0.25) is 9.80 Å². The molecule has 800 valence electrons. The Morgan fingerprint density at radius 1 is 0.266 bits per heavy atom. The van der Waals surface area contributed by atoms with Crippen LogP contribution in [-0.2, 0) is 13.1 Å². The maximum atomic E-state index is 4.30. The number of rotatable bonds is 12. The maximum absolute atomic E-state index is 4.30. The first kappa shape index (κ1) is 124. The molecule has 9 heterocycles. The zero-order valence-electron chi connectivity index (χ0n) is 99.5. The average molecular weight is 1930 g/mol. The second-order valence-corrected chi connectivity index (χ2v) is 58.3. The van der Waals surface area contributed by atoms with Crippen molar-refractivity contribution in [2.24, 2.45) is 125 Å². The van der Waals surface area contributed by atoms with Crippen molar-refractivity contribution in [1.29, 1.82) is 0 Å². The summed E-state index contributed by atoms with van der Waals surface area (Å²) in [5, 5.41) is 0. The van der Waals surface area contributed by atoms with E-state index in [0.29, 0.717) is 54.1 Å². The van der Waals surface area contributed by atoms with Gasteiger partial charge in [-0.1, -0.05) is 324 Å². The van der Waals surface area contributed by atoms with Gasteiger partial charge in [0.25, 0.3) is 0 Å². The topological polar surface area (TPSA) is 51.7 Å². The molecule has 11 aliphatic rings. The van der Waals surface area contributed by atoms with Crippen LogP contribution in [0, 0.1) is 146 Å². The minimum absolute atomic E-state index is 0.434. The Bertz CT molecular complexity index is 3660. The van der Waals surface area contributed by atoms with Gasteiger partial charge in [0, 0.05) is 77.0 Å². The predicted octanol–water partition coefficient (Wildman–Crippen LogP) is 34.0. The fourth-order valence-electron chi connectivity index (χ4n) is 22.9. The molecule has 0 unspecified atom stereocenters. The first-order valence-corrected chi connectivity index (χ1v) is 58.2. The average Bonchev–Trinajstić information content (AvgIpc) is 1.46. The van der Waals surface area contributed by atoms with Crippen molar-refractivity contribution in [1.82, 2.24) is 39.4 Å². The minimum Gasteiger partial charge on any atom is -0.372 e. The van der Waals surface area contributed by atoms with Crippen molar-refractivity contribution >= 4 is 11.6 Å². The fourth-order valence-corrected chi connectivity index (χ4v) is 22.9. The second-order valence-electron chi connectivity index (χ2n) is 58.3. The van der Waals surface area contributed by atoms with E-state index in [4.69, 9.17) is 0 Å². The number of hydrogen-bond acceptors (Lipinski definition) is 10. The molecule has 8 saturated heterocycles. The smallest absolute Gasteiger partial charge is 0.225 e. The summed E-state index contributed by atoms with van der Waals surface area (Å²) in [5.41, 5.74) is 13.5. The highest BCUT2D eigenvalue weighted by atomic mass is 15.2. The number of likely N-dealkylation sites (tertiary alicyclic amines) is 6. The molecule has 11 fully saturated rings. The highest BCUT2D eigenvalue weighted by Gasteiger charge is 2.38. The largest absolute Gasteiger partial charge is 0.372 e. The lowest BCUT2D eigenvalue weighted by Crippen LogP contribution is -2.49. The molecule has 0 radical (unpaired) electrons. The van der Waals surface area contributed by atoms with Gasteiger partial charge in [-0.15, -0.1) is 0 Å². The van der Waals surface area contributed by atoms with Crippen LogP contribution in [0.3, 0.4) is 0 Å². The van der Waals surface area contributed by atoms with E-state index in [2.05, 4.69) is 379 Å². The van der Waals surface area contributed by atoms with Crippen LogP contribution in [0.2, 0.25) is 0 Å². The van der Waals surface area contributed by atoms with Gasteiger partial charge in [-0.25, -0.2) is 9.97 Å². The molecule has 1 aromatic heterocycles. The molecule has 0 atom stereocenters. The lowest BCUT2D eigenvalue weighted by molar-refractivity contribution is 0.0459. The normalized spacial score (nSPS) is 22.1. The van der Waals surface area contributed by atoms with Gasteiger partial charge < -0.3 is 29.4 Å². The third-order valence-electron chi connectivity index (χ3n) is 35.0. The summed E-state index contributed by atoms with van der Waals surface area (Å²) >= 11 is 0. The lowest BCUT2D eigenvalue weighted by Gasteiger charge is -2.44. The van der Waals surface area contributed by atoms with Gasteiger partial charge in [0.2, 0.25) is 5.95 Å². The Hall–Kier alpha value is -3.90. The molecule has 15 rings (SSSR count). The number of aryl methyl sites for hydroxylation is 3. The van der Waals surface area contributed by atoms with Crippen LogP contribution in [0.4, 0.5) is 11.6 Å². The number of piperidine rings is 7. The molecule has 3 aromatic carbocycles. The Kier molecular flexibility index (Phi) is 51.8. The molecule has 0 N–H and O–H groups in total. The summed E-state index contributed by atoms with van der Waals surface area (Å²) in [6.07, 6.45) is 44.7. The van der Waals surface area contributed by atoms with E-state index in [1.807, 2.05) is 18.5 Å². The SMILES string of the molecule is CC(C)(C)C1CCCCC1.CC(C)(C)C1CCN(c2ncccn2)CC1.CC(C)(C)CCC1CCN(CC2CC2)CC1.CC1CCC(C(C)(C)C)CC1.CN1CC(C(C)(C)C)C1.CN1CCC(C(C)(C)C)CC1.CN1CCC(CCC(C)(C)C)CC1.Cc1ccc(CN2CCC(C(C)(C)C)CC2)cc1.Cc1ccc(CN2CCC(C(C)(C)C)CC2)cc1.Cc1ccc(N2CCC(C(C)(C)C)CC2)cc1. The molecule has 0 amide bonds. The Balaban J connectivity index is 0.000000239. The van der Waals surface area contributed by atoms with Crippen LogP contribution in [0.1, 0.15) is 429 Å². The molecule has 139 heavy (non-hydrogen) atoms. The van der Waals surface area contributed by atoms with Gasteiger partial charge in [-0.05, 0) is 416 Å². The number of nitrogens with zero attached hydrogens (tertiary/aromatic N) is 10. The fraction of sp³-hybridized carbons (Fsp3) is 0.829. The van der Waals surface area contributed by atoms with Crippen molar-refractivity contribution in [3.63, 3.8) is 0 Å². The van der Waals surface area contributed by atoms with Crippen LogP contribution < -0.4 is 9.80 Å². The van der Waals surface area contributed by atoms with Crippen LogP contribution >= 0.6 is 0 Å². The van der Waals surface area contributed by atoms with E-state index in [-0.39, 0.29) is 0 Å². The molecule has 4 aromatic rings. The number of anilines is 2. The quantitative estimate of drug-likeness (QED) is 0.137. The zero-order valence-corrected chi connectivity index (χ0v) is 99.5. The monoisotopic (exact) mass is 1920 g/mol. The molecular formula is C129H234N10. The van der Waals surface area contributed by atoms with E-state index < -0.39 is 0 Å². The van der Waals surface area contributed by atoms with Crippen molar-refractivity contribution in [2.45, 2.75) is 435 Å². The number of aromatic nitrogens is 2. The lowest BCUT2D eigenvalue weighted by atomic mass is 9.70. The summed E-state index contributed by atoms with van der Waals surface area (Å²) in [4.78, 5) is 28.6. The van der Waals surface area contributed by atoms with Crippen molar-refractivity contribution in [2.75, 3.05) is 142 Å². The molecule has 0 bridgehead atoms. The highest BCUT2D eigenvalue weighted by Crippen LogP contribution is 2.44. The molecule has 3 saturated carbocycles. The molecule has 8 aliphatic heterocycles. The third-order valence-corrected chi connectivity index (χ3v) is 35.0. The van der Waals surface area contributed by atoms with Gasteiger partial charge in [0.15, 0.2) is 0 Å². The molecule has 10 nitrogen and oxygen atoms in total. The maximum Gasteiger partial charge on any atom is 0.225 e.